The van der Waals surface area contributed by atoms with E-state index in [0.29, 0.717) is 18.9 Å². The molecular weight excluding hydrogens is 461 g/mol. The highest BCUT2D eigenvalue weighted by Crippen LogP contribution is 2.20. The quantitative estimate of drug-likeness (QED) is 0.520. The summed E-state index contributed by atoms with van der Waals surface area (Å²) in [6.45, 7) is 1.22. The molecule has 0 aliphatic carbocycles. The van der Waals surface area contributed by atoms with Crippen LogP contribution in [0.1, 0.15) is 12.8 Å². The van der Waals surface area contributed by atoms with E-state index >= 15 is 0 Å². The molecule has 2 aromatic rings. The number of hydrogen-bond acceptors (Lipinski definition) is 6. The number of morpholine rings is 1. The summed E-state index contributed by atoms with van der Waals surface area (Å²) < 4.78 is 71.6. The second kappa shape index (κ2) is 10.5. The molecule has 32 heavy (non-hydrogen) atoms. The van der Waals surface area contributed by atoms with Crippen LogP contribution in [0, 0.1) is 5.82 Å². The van der Waals surface area contributed by atoms with Gasteiger partial charge in [0.1, 0.15) is 5.82 Å². The lowest BCUT2D eigenvalue weighted by Crippen LogP contribution is -2.40. The Kier molecular flexibility index (Phi) is 7.96. The van der Waals surface area contributed by atoms with Crippen LogP contribution in [0.4, 0.5) is 10.1 Å². The number of carbonyl (C=O) groups excluding carboxylic acids is 1. The van der Waals surface area contributed by atoms with Crippen LogP contribution < -0.4 is 10.0 Å². The molecule has 0 bridgehead atoms. The largest absolute Gasteiger partial charge is 0.379 e. The molecule has 1 fully saturated rings. The summed E-state index contributed by atoms with van der Waals surface area (Å²) in [5.74, 6) is -0.922. The van der Waals surface area contributed by atoms with E-state index in [0.717, 1.165) is 24.3 Å². The van der Waals surface area contributed by atoms with Crippen molar-refractivity contribution in [1.82, 2.24) is 9.03 Å². The zero-order valence-electron chi connectivity index (χ0n) is 17.2. The summed E-state index contributed by atoms with van der Waals surface area (Å²) in [5, 5.41) is 2.63. The van der Waals surface area contributed by atoms with Gasteiger partial charge in [0.2, 0.25) is 26.0 Å². The number of carbonyl (C=O) groups is 1. The topological polar surface area (TPSA) is 122 Å². The number of amides is 1. The molecule has 1 amide bonds. The fourth-order valence-electron chi connectivity index (χ4n) is 3.05. The number of nitrogens with zero attached hydrogens (tertiary/aromatic N) is 1. The van der Waals surface area contributed by atoms with Gasteiger partial charge in [0.25, 0.3) is 0 Å². The normalized spacial score (nSPS) is 15.4. The fourth-order valence-corrected chi connectivity index (χ4v) is 5.57. The number of rotatable bonds is 9. The highest BCUT2D eigenvalue weighted by atomic mass is 32.2. The molecule has 0 radical (unpaired) electrons. The van der Waals surface area contributed by atoms with Crippen molar-refractivity contribution in [3.63, 3.8) is 0 Å². The highest BCUT2D eigenvalue weighted by Gasteiger charge is 2.26. The van der Waals surface area contributed by atoms with Crippen molar-refractivity contribution in [3.05, 3.63) is 54.3 Å². The van der Waals surface area contributed by atoms with Crippen LogP contribution in [0.5, 0.6) is 0 Å². The number of sulfonamides is 2. The Hall–Kier alpha value is -2.38. The molecule has 0 unspecified atom stereocenters. The molecule has 0 spiro atoms. The van der Waals surface area contributed by atoms with Gasteiger partial charge in [-0.05, 0) is 48.9 Å². The molecule has 0 aromatic heterocycles. The number of hydrogen-bond donors (Lipinski definition) is 2. The van der Waals surface area contributed by atoms with Crippen LogP contribution in [-0.2, 0) is 29.6 Å². The fraction of sp³-hybridized carbons (Fsp3) is 0.350. The van der Waals surface area contributed by atoms with Crippen molar-refractivity contribution in [2.24, 2.45) is 0 Å². The second-order valence-corrected chi connectivity index (χ2v) is 10.8. The minimum Gasteiger partial charge on any atom is -0.379 e. The van der Waals surface area contributed by atoms with Crippen molar-refractivity contribution >= 4 is 31.6 Å². The Morgan fingerprint density at radius 1 is 1.00 bits per heavy atom. The van der Waals surface area contributed by atoms with Gasteiger partial charge in [-0.15, -0.1) is 0 Å². The van der Waals surface area contributed by atoms with E-state index in [9.17, 15) is 26.0 Å². The van der Waals surface area contributed by atoms with E-state index in [1.807, 2.05) is 0 Å². The number of nitrogens with one attached hydrogen (secondary N) is 2. The molecule has 3 rings (SSSR count). The molecule has 1 aliphatic heterocycles. The zero-order chi connectivity index (χ0) is 23.2. The van der Waals surface area contributed by atoms with E-state index < -0.39 is 25.9 Å². The first-order chi connectivity index (χ1) is 15.2. The SMILES string of the molecule is O=C(CCCNS(=O)(=O)c1ccc(F)cc1)Nc1cccc(S(=O)(=O)N2CCOCC2)c1. The van der Waals surface area contributed by atoms with Gasteiger partial charge in [-0.25, -0.2) is 25.9 Å². The van der Waals surface area contributed by atoms with Gasteiger partial charge in [-0.2, -0.15) is 4.31 Å². The van der Waals surface area contributed by atoms with Crippen molar-refractivity contribution in [1.29, 1.82) is 0 Å². The third-order valence-electron chi connectivity index (χ3n) is 4.72. The molecule has 9 nitrogen and oxygen atoms in total. The van der Waals surface area contributed by atoms with Gasteiger partial charge in [0.05, 0.1) is 23.0 Å². The Morgan fingerprint density at radius 3 is 2.38 bits per heavy atom. The van der Waals surface area contributed by atoms with Crippen LogP contribution in [0.2, 0.25) is 0 Å². The summed E-state index contributed by atoms with van der Waals surface area (Å²) >= 11 is 0. The number of halogens is 1. The first-order valence-corrected chi connectivity index (χ1v) is 12.8. The van der Waals surface area contributed by atoms with Gasteiger partial charge in [-0.3, -0.25) is 4.79 Å². The Morgan fingerprint density at radius 2 is 1.69 bits per heavy atom. The predicted octanol–water partition coefficient (Wildman–Crippen LogP) is 1.54. The van der Waals surface area contributed by atoms with Crippen molar-refractivity contribution in [3.8, 4) is 0 Å². The number of ether oxygens (including phenoxy) is 1. The maximum absolute atomic E-state index is 12.9. The monoisotopic (exact) mass is 485 g/mol. The third-order valence-corrected chi connectivity index (χ3v) is 8.09. The van der Waals surface area contributed by atoms with Crippen molar-refractivity contribution in [2.45, 2.75) is 22.6 Å². The number of anilines is 1. The molecule has 1 heterocycles. The van der Waals surface area contributed by atoms with Crippen LogP contribution in [0.3, 0.4) is 0 Å². The summed E-state index contributed by atoms with van der Waals surface area (Å²) in [4.78, 5) is 12.2. The molecule has 1 saturated heterocycles. The standard InChI is InChI=1S/C20H24FN3O6S2/c21-16-6-8-18(9-7-16)31(26,27)22-10-2-5-20(25)23-17-3-1-4-19(15-17)32(28,29)24-11-13-30-14-12-24/h1,3-4,6-9,15,22H,2,5,10-14H2,(H,23,25). The van der Waals surface area contributed by atoms with Gasteiger partial charge in [0.15, 0.2) is 0 Å². The van der Waals surface area contributed by atoms with Crippen molar-refractivity contribution in [2.75, 3.05) is 38.2 Å². The maximum Gasteiger partial charge on any atom is 0.243 e. The number of benzene rings is 2. The zero-order valence-corrected chi connectivity index (χ0v) is 18.8. The van der Waals surface area contributed by atoms with E-state index in [-0.39, 0.29) is 48.2 Å². The summed E-state index contributed by atoms with van der Waals surface area (Å²) in [6, 6.07) is 10.4. The van der Waals surface area contributed by atoms with Crippen LogP contribution >= 0.6 is 0 Å². The van der Waals surface area contributed by atoms with Gasteiger partial charge < -0.3 is 10.1 Å². The van der Waals surface area contributed by atoms with Crippen molar-refractivity contribution < 1.29 is 30.8 Å². The molecule has 12 heteroatoms. The summed E-state index contributed by atoms with van der Waals surface area (Å²) in [7, 11) is -7.48. The molecule has 0 atom stereocenters. The second-order valence-electron chi connectivity index (χ2n) is 7.05. The summed E-state index contributed by atoms with van der Waals surface area (Å²) in [5.41, 5.74) is 0.330. The molecule has 1 aliphatic rings. The smallest absolute Gasteiger partial charge is 0.243 e. The molecular formula is C20H24FN3O6S2. The third kappa shape index (κ3) is 6.33. The minimum absolute atomic E-state index is 0.0125. The minimum atomic E-state index is -3.80. The summed E-state index contributed by atoms with van der Waals surface area (Å²) in [6.07, 6.45) is 0.240. The van der Waals surface area contributed by atoms with Crippen LogP contribution in [-0.4, -0.2) is 59.9 Å². The van der Waals surface area contributed by atoms with E-state index in [4.69, 9.17) is 4.74 Å². The molecule has 2 N–H and O–H groups in total. The maximum atomic E-state index is 12.9. The van der Waals surface area contributed by atoms with Crippen LogP contribution in [0.25, 0.3) is 0 Å². The predicted molar refractivity (Wildman–Crippen MR) is 115 cm³/mol. The highest BCUT2D eigenvalue weighted by molar-refractivity contribution is 7.89. The first-order valence-electron chi connectivity index (χ1n) is 9.91. The van der Waals surface area contributed by atoms with Gasteiger partial charge >= 0.3 is 0 Å². The van der Waals surface area contributed by atoms with Crippen LogP contribution in [0.15, 0.2) is 58.3 Å². The molecule has 0 saturated carbocycles. The average molecular weight is 486 g/mol. The molecule has 2 aromatic carbocycles. The van der Waals surface area contributed by atoms with Gasteiger partial charge in [-0.1, -0.05) is 6.07 Å². The first kappa shape index (κ1) is 24.3. The Labute approximate surface area is 186 Å². The lowest BCUT2D eigenvalue weighted by molar-refractivity contribution is -0.116. The lowest BCUT2D eigenvalue weighted by Gasteiger charge is -2.26. The Balaban J connectivity index is 1.51. The lowest BCUT2D eigenvalue weighted by atomic mass is 10.2. The van der Waals surface area contributed by atoms with E-state index in [1.165, 1.54) is 16.4 Å². The van der Waals surface area contributed by atoms with Gasteiger partial charge in [0, 0.05) is 31.7 Å². The Bertz CT molecular complexity index is 1150. The average Bonchev–Trinajstić information content (AvgIpc) is 2.78. The van der Waals surface area contributed by atoms with E-state index in [2.05, 4.69) is 10.0 Å². The molecule has 174 valence electrons. The van der Waals surface area contributed by atoms with E-state index in [1.54, 1.807) is 12.1 Å².